The summed E-state index contributed by atoms with van der Waals surface area (Å²) in [5.41, 5.74) is 1.31. The molecule has 0 saturated heterocycles. The van der Waals surface area contributed by atoms with Gasteiger partial charge in [-0.25, -0.2) is 4.98 Å². The molecular formula is C12H17ClN2O2. The van der Waals surface area contributed by atoms with E-state index in [1.54, 1.807) is 31.2 Å². The number of methoxy groups -OCH3 is 1. The summed E-state index contributed by atoms with van der Waals surface area (Å²) >= 11 is 5.82. The molecule has 1 aromatic heterocycles. The molecule has 17 heavy (non-hydrogen) atoms. The number of carbonyl (C=O) groups excluding carboxylic acids is 1. The first-order valence-corrected chi connectivity index (χ1v) is 5.81. The lowest BCUT2D eigenvalue weighted by atomic mass is 10.2. The number of rotatable bonds is 5. The third-order valence-corrected chi connectivity index (χ3v) is 2.55. The lowest BCUT2D eigenvalue weighted by Gasteiger charge is -2.17. The fraction of sp³-hybridized carbons (Fsp3) is 0.500. The molecular weight excluding hydrogens is 240 g/mol. The molecule has 0 unspecified atom stereocenters. The van der Waals surface area contributed by atoms with Crippen LogP contribution in [-0.2, 0) is 4.74 Å². The Balaban J connectivity index is 2.68. The Bertz CT molecular complexity index is 376. The summed E-state index contributed by atoms with van der Waals surface area (Å²) in [6.45, 7) is 3.12. The molecule has 0 N–H and O–H groups in total. The molecule has 0 radical (unpaired) electrons. The van der Waals surface area contributed by atoms with Crippen molar-refractivity contribution in [1.29, 1.82) is 0 Å². The Labute approximate surface area is 107 Å². The first-order chi connectivity index (χ1) is 8.04. The van der Waals surface area contributed by atoms with Gasteiger partial charge in [-0.15, -0.1) is 0 Å². The predicted octanol–water partition coefficient (Wildman–Crippen LogP) is 2.15. The van der Waals surface area contributed by atoms with Crippen molar-refractivity contribution < 1.29 is 9.53 Å². The van der Waals surface area contributed by atoms with Crippen molar-refractivity contribution in [3.8, 4) is 0 Å². The van der Waals surface area contributed by atoms with Crippen molar-refractivity contribution in [2.75, 3.05) is 27.3 Å². The van der Waals surface area contributed by atoms with Crippen LogP contribution in [0.5, 0.6) is 0 Å². The van der Waals surface area contributed by atoms with Gasteiger partial charge >= 0.3 is 0 Å². The van der Waals surface area contributed by atoms with E-state index in [9.17, 15) is 4.79 Å². The molecule has 0 aliphatic heterocycles. The van der Waals surface area contributed by atoms with Crippen LogP contribution in [0.4, 0.5) is 0 Å². The van der Waals surface area contributed by atoms with Gasteiger partial charge in [0.25, 0.3) is 5.91 Å². The number of pyridine rings is 1. The van der Waals surface area contributed by atoms with Crippen molar-refractivity contribution >= 4 is 17.5 Å². The van der Waals surface area contributed by atoms with Gasteiger partial charge in [-0.3, -0.25) is 4.79 Å². The third-order valence-electron chi connectivity index (χ3n) is 2.36. The molecule has 1 heterocycles. The Morgan fingerprint density at radius 2 is 2.24 bits per heavy atom. The zero-order valence-electron chi connectivity index (χ0n) is 10.4. The smallest absolute Gasteiger partial charge is 0.253 e. The summed E-state index contributed by atoms with van der Waals surface area (Å²) in [6, 6.07) is 3.32. The molecule has 5 heteroatoms. The summed E-state index contributed by atoms with van der Waals surface area (Å²) in [7, 11) is 3.41. The van der Waals surface area contributed by atoms with E-state index in [2.05, 4.69) is 4.98 Å². The van der Waals surface area contributed by atoms with Crippen LogP contribution in [0.15, 0.2) is 12.1 Å². The molecule has 0 atom stereocenters. The Hall–Kier alpha value is -1.13. The highest BCUT2D eigenvalue weighted by molar-refractivity contribution is 6.29. The summed E-state index contributed by atoms with van der Waals surface area (Å²) in [5.74, 6) is -0.0477. The van der Waals surface area contributed by atoms with E-state index < -0.39 is 0 Å². The molecule has 94 valence electrons. The van der Waals surface area contributed by atoms with Crippen LogP contribution >= 0.6 is 11.6 Å². The number of hydrogen-bond donors (Lipinski definition) is 0. The van der Waals surface area contributed by atoms with Gasteiger partial charge in [-0.1, -0.05) is 11.6 Å². The van der Waals surface area contributed by atoms with Crippen LogP contribution in [0.25, 0.3) is 0 Å². The van der Waals surface area contributed by atoms with Gasteiger partial charge in [0.2, 0.25) is 0 Å². The van der Waals surface area contributed by atoms with Gasteiger partial charge in [0.1, 0.15) is 5.15 Å². The van der Waals surface area contributed by atoms with Gasteiger partial charge in [-0.05, 0) is 25.5 Å². The van der Waals surface area contributed by atoms with Crippen LogP contribution in [-0.4, -0.2) is 43.1 Å². The normalized spacial score (nSPS) is 10.4. The lowest BCUT2D eigenvalue weighted by molar-refractivity contribution is 0.0779. The number of aromatic nitrogens is 1. The Morgan fingerprint density at radius 3 is 2.82 bits per heavy atom. The standard InChI is InChI=1S/C12H17ClN2O2/c1-9-7-10(8-11(13)14-9)12(16)15(2)5-4-6-17-3/h7-8H,4-6H2,1-3H3. The van der Waals surface area contributed by atoms with Crippen LogP contribution in [0.3, 0.4) is 0 Å². The number of amides is 1. The zero-order chi connectivity index (χ0) is 12.8. The van der Waals surface area contributed by atoms with Gasteiger partial charge < -0.3 is 9.64 Å². The maximum absolute atomic E-state index is 12.0. The SMILES string of the molecule is COCCCN(C)C(=O)c1cc(C)nc(Cl)c1. The number of aryl methyl sites for hydroxylation is 1. The van der Waals surface area contributed by atoms with Crippen LogP contribution < -0.4 is 0 Å². The summed E-state index contributed by atoms with van der Waals surface area (Å²) in [6.07, 6.45) is 0.816. The van der Waals surface area contributed by atoms with Crippen molar-refractivity contribution in [3.63, 3.8) is 0 Å². The molecule has 4 nitrogen and oxygen atoms in total. The monoisotopic (exact) mass is 256 g/mol. The molecule has 0 aliphatic rings. The van der Waals surface area contributed by atoms with Crippen molar-refractivity contribution in [3.05, 3.63) is 28.5 Å². The van der Waals surface area contributed by atoms with E-state index in [0.29, 0.717) is 23.9 Å². The average Bonchev–Trinajstić information content (AvgIpc) is 2.27. The lowest BCUT2D eigenvalue weighted by Crippen LogP contribution is -2.28. The second-order valence-corrected chi connectivity index (χ2v) is 4.28. The highest BCUT2D eigenvalue weighted by Gasteiger charge is 2.12. The molecule has 0 aliphatic carbocycles. The summed E-state index contributed by atoms with van der Waals surface area (Å²) in [4.78, 5) is 17.7. The average molecular weight is 257 g/mol. The second-order valence-electron chi connectivity index (χ2n) is 3.89. The molecule has 1 amide bonds. The molecule has 1 rings (SSSR count). The molecule has 0 bridgehead atoms. The van der Waals surface area contributed by atoms with E-state index in [1.165, 1.54) is 0 Å². The van der Waals surface area contributed by atoms with E-state index in [-0.39, 0.29) is 5.91 Å². The number of nitrogens with zero attached hydrogens (tertiary/aromatic N) is 2. The van der Waals surface area contributed by atoms with Crippen LogP contribution in [0.1, 0.15) is 22.5 Å². The highest BCUT2D eigenvalue weighted by Crippen LogP contribution is 2.12. The zero-order valence-corrected chi connectivity index (χ0v) is 11.1. The third kappa shape index (κ3) is 4.32. The van der Waals surface area contributed by atoms with Gasteiger partial charge in [-0.2, -0.15) is 0 Å². The van der Waals surface area contributed by atoms with Crippen LogP contribution in [0, 0.1) is 6.92 Å². The molecule has 0 aromatic carbocycles. The number of halogens is 1. The van der Waals surface area contributed by atoms with Gasteiger partial charge in [0.15, 0.2) is 0 Å². The second kappa shape index (κ2) is 6.57. The van der Waals surface area contributed by atoms with E-state index >= 15 is 0 Å². The highest BCUT2D eigenvalue weighted by atomic mass is 35.5. The fourth-order valence-electron chi connectivity index (χ4n) is 1.52. The van der Waals surface area contributed by atoms with Crippen molar-refractivity contribution in [1.82, 2.24) is 9.88 Å². The van der Waals surface area contributed by atoms with Crippen molar-refractivity contribution in [2.45, 2.75) is 13.3 Å². The first kappa shape index (κ1) is 13.9. The minimum absolute atomic E-state index is 0.0477. The molecule has 0 spiro atoms. The minimum Gasteiger partial charge on any atom is -0.385 e. The predicted molar refractivity (Wildman–Crippen MR) is 67.4 cm³/mol. The van der Waals surface area contributed by atoms with Crippen molar-refractivity contribution in [2.24, 2.45) is 0 Å². The summed E-state index contributed by atoms with van der Waals surface area (Å²) < 4.78 is 4.95. The largest absolute Gasteiger partial charge is 0.385 e. The molecule has 1 aromatic rings. The molecule has 0 fully saturated rings. The van der Waals surface area contributed by atoms with Crippen LogP contribution in [0.2, 0.25) is 5.15 Å². The quantitative estimate of drug-likeness (QED) is 0.599. The number of carbonyl (C=O) groups is 1. The molecule has 0 saturated carbocycles. The fourth-order valence-corrected chi connectivity index (χ4v) is 1.77. The topological polar surface area (TPSA) is 42.4 Å². The Kier molecular flexibility index (Phi) is 5.38. The summed E-state index contributed by atoms with van der Waals surface area (Å²) in [5, 5.41) is 0.346. The van der Waals surface area contributed by atoms with E-state index in [4.69, 9.17) is 16.3 Å². The van der Waals surface area contributed by atoms with Gasteiger partial charge in [0.05, 0.1) is 0 Å². The number of hydrogen-bond acceptors (Lipinski definition) is 3. The number of ether oxygens (including phenoxy) is 1. The first-order valence-electron chi connectivity index (χ1n) is 5.43. The maximum atomic E-state index is 12.0. The van der Waals surface area contributed by atoms with Gasteiger partial charge in [0, 0.05) is 38.6 Å². The minimum atomic E-state index is -0.0477. The van der Waals surface area contributed by atoms with E-state index in [0.717, 1.165) is 12.1 Å². The Morgan fingerprint density at radius 1 is 1.53 bits per heavy atom. The van der Waals surface area contributed by atoms with E-state index in [1.807, 2.05) is 6.92 Å². The maximum Gasteiger partial charge on any atom is 0.253 e.